The number of aliphatic carboxylic acids is 1. The summed E-state index contributed by atoms with van der Waals surface area (Å²) >= 11 is 5.92. The summed E-state index contributed by atoms with van der Waals surface area (Å²) < 4.78 is 54.5. The van der Waals surface area contributed by atoms with E-state index < -0.39 is 41.0 Å². The van der Waals surface area contributed by atoms with Crippen LogP contribution in [-0.2, 0) is 17.4 Å². The average Bonchev–Trinajstić information content (AvgIpc) is 2.89. The number of nitrogens with zero attached hydrogens (tertiary/aromatic N) is 1. The van der Waals surface area contributed by atoms with Crippen LogP contribution in [-0.4, -0.2) is 21.6 Å². The number of hydrogen-bond acceptors (Lipinski definition) is 3. The molecule has 11 heteroatoms. The second kappa shape index (κ2) is 11.4. The number of hydrogen-bond donors (Lipinski definition) is 2. The quantitative estimate of drug-likeness (QED) is 0.240. The summed E-state index contributed by atoms with van der Waals surface area (Å²) in [6.45, 7) is 1.68. The highest BCUT2D eigenvalue weighted by molar-refractivity contribution is 6.30. The van der Waals surface area contributed by atoms with Crippen LogP contribution in [0.15, 0.2) is 83.8 Å². The number of nitrogens with one attached hydrogen (secondary N) is 1. The zero-order chi connectivity index (χ0) is 29.2. The van der Waals surface area contributed by atoms with Crippen LogP contribution in [0, 0.1) is 12.7 Å². The number of pyridine rings is 1. The molecule has 1 amide bonds. The van der Waals surface area contributed by atoms with Crippen LogP contribution in [0.2, 0.25) is 5.02 Å². The largest absolute Gasteiger partial charge is 0.480 e. The number of alkyl halides is 3. The van der Waals surface area contributed by atoms with Gasteiger partial charge in [0.05, 0.1) is 5.56 Å². The van der Waals surface area contributed by atoms with Crippen molar-refractivity contribution in [2.75, 3.05) is 5.32 Å². The first kappa shape index (κ1) is 28.6. The lowest BCUT2D eigenvalue weighted by atomic mass is 10.0. The molecular weight excluding hydrogens is 552 g/mol. The van der Waals surface area contributed by atoms with Gasteiger partial charge in [-0.05, 0) is 66.6 Å². The fraction of sp³-hybridized carbons (Fsp3) is 0.138. The number of amides is 1. The second-order valence-corrected chi connectivity index (χ2v) is 9.49. The van der Waals surface area contributed by atoms with Gasteiger partial charge in [-0.25, -0.2) is 9.18 Å². The highest BCUT2D eigenvalue weighted by Gasteiger charge is 2.30. The van der Waals surface area contributed by atoms with Gasteiger partial charge in [-0.1, -0.05) is 35.9 Å². The van der Waals surface area contributed by atoms with Crippen LogP contribution < -0.4 is 10.9 Å². The molecule has 0 aliphatic carbocycles. The molecule has 0 saturated heterocycles. The van der Waals surface area contributed by atoms with Crippen LogP contribution in [0.25, 0.3) is 11.1 Å². The van der Waals surface area contributed by atoms with Crippen molar-refractivity contribution in [1.29, 1.82) is 0 Å². The predicted molar refractivity (Wildman–Crippen MR) is 142 cm³/mol. The Bertz CT molecular complexity index is 1630. The molecule has 0 aliphatic heterocycles. The molecule has 0 aliphatic rings. The molecule has 40 heavy (non-hydrogen) atoms. The first-order chi connectivity index (χ1) is 18.8. The van der Waals surface area contributed by atoms with Gasteiger partial charge in [0.15, 0.2) is 0 Å². The monoisotopic (exact) mass is 572 g/mol. The van der Waals surface area contributed by atoms with Crippen molar-refractivity contribution in [2.45, 2.75) is 25.6 Å². The number of benzene rings is 3. The summed E-state index contributed by atoms with van der Waals surface area (Å²) in [5.74, 6) is -2.92. The minimum atomic E-state index is -4.61. The first-order valence-corrected chi connectivity index (χ1v) is 12.2. The smallest absolute Gasteiger partial charge is 0.416 e. The first-order valence-electron chi connectivity index (χ1n) is 11.8. The lowest BCUT2D eigenvalue weighted by molar-refractivity contribution is -0.141. The van der Waals surface area contributed by atoms with E-state index >= 15 is 0 Å². The predicted octanol–water partition coefficient (Wildman–Crippen LogP) is 6.76. The summed E-state index contributed by atoms with van der Waals surface area (Å²) in [7, 11) is 0. The number of carbonyl (C=O) groups excluding carboxylic acids is 1. The van der Waals surface area contributed by atoms with Crippen molar-refractivity contribution >= 4 is 29.2 Å². The van der Waals surface area contributed by atoms with E-state index in [1.54, 1.807) is 37.3 Å². The number of anilines is 1. The van der Waals surface area contributed by atoms with E-state index in [1.807, 2.05) is 0 Å². The Balaban J connectivity index is 1.80. The third-order valence-electron chi connectivity index (χ3n) is 6.16. The fourth-order valence-electron chi connectivity index (χ4n) is 4.08. The molecule has 0 spiro atoms. The molecule has 2 N–H and O–H groups in total. The molecular formula is C29H21ClF4N2O4. The summed E-state index contributed by atoms with van der Waals surface area (Å²) in [5, 5.41) is 12.8. The zero-order valence-electron chi connectivity index (χ0n) is 20.8. The molecule has 6 nitrogen and oxygen atoms in total. The second-order valence-electron chi connectivity index (χ2n) is 9.05. The Hall–Kier alpha value is -4.44. The lowest BCUT2D eigenvalue weighted by Gasteiger charge is -2.19. The lowest BCUT2D eigenvalue weighted by Crippen LogP contribution is -2.33. The van der Waals surface area contributed by atoms with E-state index in [4.69, 9.17) is 11.6 Å². The molecule has 0 saturated carbocycles. The molecule has 3 aromatic carbocycles. The summed E-state index contributed by atoms with van der Waals surface area (Å²) in [4.78, 5) is 38.6. The highest BCUT2D eigenvalue weighted by Crippen LogP contribution is 2.30. The molecule has 4 rings (SSSR count). The maximum absolute atomic E-state index is 14.9. The van der Waals surface area contributed by atoms with Gasteiger partial charge in [0.2, 0.25) is 0 Å². The Kier molecular flexibility index (Phi) is 8.11. The van der Waals surface area contributed by atoms with E-state index in [2.05, 4.69) is 5.32 Å². The summed E-state index contributed by atoms with van der Waals surface area (Å²) in [6.07, 6.45) is -3.55. The Morgan fingerprint density at radius 3 is 2.23 bits per heavy atom. The number of aromatic nitrogens is 1. The molecule has 0 fully saturated rings. The van der Waals surface area contributed by atoms with Gasteiger partial charge in [-0.15, -0.1) is 0 Å². The summed E-state index contributed by atoms with van der Waals surface area (Å²) in [5.41, 5.74) is -1.12. The Morgan fingerprint density at radius 1 is 1.00 bits per heavy atom. The third kappa shape index (κ3) is 6.40. The Morgan fingerprint density at radius 2 is 1.65 bits per heavy atom. The average molecular weight is 573 g/mol. The Labute approximate surface area is 230 Å². The van der Waals surface area contributed by atoms with E-state index in [-0.39, 0.29) is 28.8 Å². The number of carboxylic acids is 1. The van der Waals surface area contributed by atoms with Gasteiger partial charge < -0.3 is 10.4 Å². The zero-order valence-corrected chi connectivity index (χ0v) is 21.6. The van der Waals surface area contributed by atoms with E-state index in [0.29, 0.717) is 16.1 Å². The molecule has 0 bridgehead atoms. The summed E-state index contributed by atoms with van der Waals surface area (Å²) in [6, 6.07) is 13.7. The van der Waals surface area contributed by atoms with Gasteiger partial charge in [-0.3, -0.25) is 14.2 Å². The number of carbonyl (C=O) groups is 2. The molecule has 0 radical (unpaired) electrons. The van der Waals surface area contributed by atoms with E-state index in [0.717, 1.165) is 28.8 Å². The van der Waals surface area contributed by atoms with Crippen molar-refractivity contribution in [1.82, 2.24) is 4.57 Å². The van der Waals surface area contributed by atoms with Gasteiger partial charge in [0, 0.05) is 34.3 Å². The minimum Gasteiger partial charge on any atom is -0.480 e. The number of halogens is 5. The SMILES string of the molecule is Cc1ccc(-c2cc(NC(=O)c3ccc(C(F)(F)F)cc3)c(=O)n(C(Cc3ccc(Cl)cc3)C(=O)O)c2)c(F)c1. The van der Waals surface area contributed by atoms with Crippen molar-refractivity contribution in [2.24, 2.45) is 0 Å². The number of carboxylic acid groups (broad SMARTS) is 1. The van der Waals surface area contributed by atoms with E-state index in [1.165, 1.54) is 24.4 Å². The van der Waals surface area contributed by atoms with Crippen LogP contribution in [0.3, 0.4) is 0 Å². The van der Waals surface area contributed by atoms with Crippen molar-refractivity contribution in [3.8, 4) is 11.1 Å². The molecule has 1 aromatic heterocycles. The van der Waals surface area contributed by atoms with Crippen LogP contribution in [0.1, 0.15) is 33.1 Å². The number of rotatable bonds is 7. The van der Waals surface area contributed by atoms with Crippen LogP contribution in [0.5, 0.6) is 0 Å². The highest BCUT2D eigenvalue weighted by atomic mass is 35.5. The van der Waals surface area contributed by atoms with Crippen LogP contribution in [0.4, 0.5) is 23.2 Å². The van der Waals surface area contributed by atoms with Gasteiger partial charge in [-0.2, -0.15) is 13.2 Å². The topological polar surface area (TPSA) is 88.4 Å². The normalized spacial score (nSPS) is 12.2. The van der Waals surface area contributed by atoms with Gasteiger partial charge >= 0.3 is 12.1 Å². The maximum atomic E-state index is 14.9. The molecule has 4 aromatic rings. The fourth-order valence-corrected chi connectivity index (χ4v) is 4.20. The third-order valence-corrected chi connectivity index (χ3v) is 6.42. The molecule has 1 atom stereocenters. The standard InChI is InChI=1S/C29H21ClF4N2O4/c1-16-2-11-22(23(31)12-16)19-14-24(35-26(37)18-5-7-20(8-6-18)29(32,33)34)27(38)36(15-19)25(28(39)40)13-17-3-9-21(30)10-4-17/h2-12,14-15,25H,13H2,1H3,(H,35,37)(H,39,40). The molecule has 1 unspecified atom stereocenters. The van der Waals surface area contributed by atoms with Crippen molar-refractivity contribution in [3.63, 3.8) is 0 Å². The maximum Gasteiger partial charge on any atom is 0.416 e. The van der Waals surface area contributed by atoms with Crippen molar-refractivity contribution in [3.05, 3.63) is 122 Å². The van der Waals surface area contributed by atoms with Crippen molar-refractivity contribution < 1.29 is 32.3 Å². The van der Waals surface area contributed by atoms with E-state index in [9.17, 15) is 37.1 Å². The number of aryl methyl sites for hydroxylation is 1. The van der Waals surface area contributed by atoms with Crippen LogP contribution >= 0.6 is 11.6 Å². The molecule has 1 heterocycles. The van der Waals surface area contributed by atoms with Gasteiger partial charge in [0.25, 0.3) is 11.5 Å². The molecule has 206 valence electrons. The van der Waals surface area contributed by atoms with Gasteiger partial charge in [0.1, 0.15) is 17.5 Å². The minimum absolute atomic E-state index is 0.0417.